The van der Waals surface area contributed by atoms with Crippen LogP contribution >= 0.6 is 11.6 Å². The lowest BCUT2D eigenvalue weighted by atomic mass is 10.2. The van der Waals surface area contributed by atoms with Gasteiger partial charge in [-0.05, 0) is 68.3 Å². The minimum Gasteiger partial charge on any atom is -0.324 e. The Balaban J connectivity index is 1.84. The topological polar surface area (TPSA) is 66.9 Å². The molecule has 0 radical (unpaired) electrons. The molecule has 0 saturated heterocycles. The molecule has 3 rings (SSSR count). The SMILES string of the molecule is Cc1cccc(NC(=O)c2cc(C)nc(Nc3ccc(Cl)cc3C)n2)c1. The number of aryl methyl sites for hydroxylation is 3. The standard InChI is InChI=1S/C20H19ClN4O/c1-12-5-4-6-16(9-12)23-19(26)18-11-14(3)22-20(25-18)24-17-8-7-15(21)10-13(17)2/h4-11H,1-3H3,(H,23,26)(H,22,24,25). The van der Waals surface area contributed by atoms with Crippen molar-refractivity contribution < 1.29 is 4.79 Å². The third-order valence-electron chi connectivity index (χ3n) is 3.80. The fourth-order valence-electron chi connectivity index (χ4n) is 2.55. The molecule has 1 amide bonds. The molecule has 0 unspecified atom stereocenters. The first-order valence-electron chi connectivity index (χ1n) is 8.17. The lowest BCUT2D eigenvalue weighted by Crippen LogP contribution is -2.15. The Labute approximate surface area is 157 Å². The number of rotatable bonds is 4. The Morgan fingerprint density at radius 3 is 2.54 bits per heavy atom. The molecule has 132 valence electrons. The maximum atomic E-state index is 12.5. The molecule has 3 aromatic rings. The summed E-state index contributed by atoms with van der Waals surface area (Å²) in [6.45, 7) is 5.74. The van der Waals surface area contributed by atoms with E-state index in [1.54, 1.807) is 12.1 Å². The normalized spacial score (nSPS) is 10.5. The van der Waals surface area contributed by atoms with Gasteiger partial charge in [-0.2, -0.15) is 0 Å². The average molecular weight is 367 g/mol. The molecule has 2 N–H and O–H groups in total. The molecule has 0 atom stereocenters. The zero-order valence-corrected chi connectivity index (χ0v) is 15.6. The van der Waals surface area contributed by atoms with Crippen LogP contribution in [0.1, 0.15) is 27.3 Å². The van der Waals surface area contributed by atoms with Gasteiger partial charge in [-0.25, -0.2) is 9.97 Å². The number of hydrogen-bond donors (Lipinski definition) is 2. The highest BCUT2D eigenvalue weighted by Crippen LogP contribution is 2.22. The van der Waals surface area contributed by atoms with Crippen LogP contribution in [0.25, 0.3) is 0 Å². The molecule has 6 heteroatoms. The van der Waals surface area contributed by atoms with Gasteiger partial charge in [-0.15, -0.1) is 0 Å². The van der Waals surface area contributed by atoms with Crippen LogP contribution in [-0.4, -0.2) is 15.9 Å². The molecular weight excluding hydrogens is 348 g/mol. The first-order chi connectivity index (χ1) is 12.4. The van der Waals surface area contributed by atoms with Crippen molar-refractivity contribution >= 4 is 34.8 Å². The van der Waals surface area contributed by atoms with Gasteiger partial charge in [0.1, 0.15) is 5.69 Å². The van der Waals surface area contributed by atoms with Crippen molar-refractivity contribution in [3.63, 3.8) is 0 Å². The smallest absolute Gasteiger partial charge is 0.274 e. The Morgan fingerprint density at radius 2 is 1.81 bits per heavy atom. The lowest BCUT2D eigenvalue weighted by molar-refractivity contribution is 0.102. The summed E-state index contributed by atoms with van der Waals surface area (Å²) in [5.74, 6) is 0.0850. The maximum absolute atomic E-state index is 12.5. The second kappa shape index (κ2) is 7.54. The van der Waals surface area contributed by atoms with Crippen molar-refractivity contribution in [3.05, 3.63) is 76.1 Å². The third kappa shape index (κ3) is 4.37. The van der Waals surface area contributed by atoms with Crippen LogP contribution in [-0.2, 0) is 0 Å². The zero-order valence-electron chi connectivity index (χ0n) is 14.8. The van der Waals surface area contributed by atoms with Crippen LogP contribution < -0.4 is 10.6 Å². The van der Waals surface area contributed by atoms with E-state index in [-0.39, 0.29) is 5.91 Å². The number of carbonyl (C=O) groups is 1. The summed E-state index contributed by atoms with van der Waals surface area (Å²) >= 11 is 5.99. The van der Waals surface area contributed by atoms with E-state index in [2.05, 4.69) is 20.6 Å². The van der Waals surface area contributed by atoms with Gasteiger partial charge in [0, 0.05) is 22.1 Å². The third-order valence-corrected chi connectivity index (χ3v) is 4.03. The molecule has 26 heavy (non-hydrogen) atoms. The fraction of sp³-hybridized carbons (Fsp3) is 0.150. The number of nitrogens with one attached hydrogen (secondary N) is 2. The van der Waals surface area contributed by atoms with E-state index in [9.17, 15) is 4.79 Å². The quantitative estimate of drug-likeness (QED) is 0.678. The van der Waals surface area contributed by atoms with Crippen LogP contribution in [0.2, 0.25) is 5.02 Å². The number of nitrogens with zero attached hydrogens (tertiary/aromatic N) is 2. The highest BCUT2D eigenvalue weighted by molar-refractivity contribution is 6.30. The second-order valence-electron chi connectivity index (χ2n) is 6.13. The highest BCUT2D eigenvalue weighted by atomic mass is 35.5. The first kappa shape index (κ1) is 17.9. The van der Waals surface area contributed by atoms with E-state index in [1.807, 2.05) is 57.2 Å². The van der Waals surface area contributed by atoms with E-state index in [4.69, 9.17) is 11.6 Å². The molecular formula is C20H19ClN4O. The van der Waals surface area contributed by atoms with Crippen LogP contribution in [0.15, 0.2) is 48.5 Å². The van der Waals surface area contributed by atoms with Gasteiger partial charge < -0.3 is 10.6 Å². The van der Waals surface area contributed by atoms with Crippen LogP contribution in [0, 0.1) is 20.8 Å². The number of aromatic nitrogens is 2. The van der Waals surface area contributed by atoms with E-state index in [0.29, 0.717) is 22.4 Å². The maximum Gasteiger partial charge on any atom is 0.274 e. The summed E-state index contributed by atoms with van der Waals surface area (Å²) in [4.78, 5) is 21.3. The van der Waals surface area contributed by atoms with Gasteiger partial charge in [0.2, 0.25) is 5.95 Å². The number of amides is 1. The van der Waals surface area contributed by atoms with E-state index >= 15 is 0 Å². The van der Waals surface area contributed by atoms with Crippen molar-refractivity contribution in [2.75, 3.05) is 10.6 Å². The zero-order chi connectivity index (χ0) is 18.7. The van der Waals surface area contributed by atoms with Crippen molar-refractivity contribution in [2.45, 2.75) is 20.8 Å². The number of anilines is 3. The number of halogens is 1. The van der Waals surface area contributed by atoms with Gasteiger partial charge in [0.15, 0.2) is 0 Å². The largest absolute Gasteiger partial charge is 0.324 e. The van der Waals surface area contributed by atoms with Gasteiger partial charge >= 0.3 is 0 Å². The summed E-state index contributed by atoms with van der Waals surface area (Å²) < 4.78 is 0. The summed E-state index contributed by atoms with van der Waals surface area (Å²) in [6.07, 6.45) is 0. The summed E-state index contributed by atoms with van der Waals surface area (Å²) in [5, 5.41) is 6.67. The van der Waals surface area contributed by atoms with Gasteiger partial charge in [-0.1, -0.05) is 23.7 Å². The molecule has 0 bridgehead atoms. The molecule has 0 spiro atoms. The Hall–Kier alpha value is -2.92. The van der Waals surface area contributed by atoms with E-state index < -0.39 is 0 Å². The molecule has 0 aliphatic rings. The van der Waals surface area contributed by atoms with Crippen LogP contribution in [0.4, 0.5) is 17.3 Å². The minimum absolute atomic E-state index is 0.281. The van der Waals surface area contributed by atoms with Crippen molar-refractivity contribution in [1.82, 2.24) is 9.97 Å². The van der Waals surface area contributed by atoms with Crippen molar-refractivity contribution in [2.24, 2.45) is 0 Å². The molecule has 0 fully saturated rings. The molecule has 0 aliphatic heterocycles. The number of benzene rings is 2. The lowest BCUT2D eigenvalue weighted by Gasteiger charge is -2.11. The van der Waals surface area contributed by atoms with Gasteiger partial charge in [0.25, 0.3) is 5.91 Å². The Morgan fingerprint density at radius 1 is 1.00 bits per heavy atom. The summed E-state index contributed by atoms with van der Waals surface area (Å²) in [6, 6.07) is 14.8. The summed E-state index contributed by atoms with van der Waals surface area (Å²) in [5.41, 5.74) is 4.60. The molecule has 0 saturated carbocycles. The van der Waals surface area contributed by atoms with Gasteiger partial charge in [-0.3, -0.25) is 4.79 Å². The summed E-state index contributed by atoms with van der Waals surface area (Å²) in [7, 11) is 0. The first-order valence-corrected chi connectivity index (χ1v) is 8.55. The van der Waals surface area contributed by atoms with E-state index in [0.717, 1.165) is 22.5 Å². The highest BCUT2D eigenvalue weighted by Gasteiger charge is 2.12. The van der Waals surface area contributed by atoms with Crippen LogP contribution in [0.3, 0.4) is 0 Å². The van der Waals surface area contributed by atoms with Crippen molar-refractivity contribution in [1.29, 1.82) is 0 Å². The fourth-order valence-corrected chi connectivity index (χ4v) is 2.77. The van der Waals surface area contributed by atoms with Crippen molar-refractivity contribution in [3.8, 4) is 0 Å². The Bertz CT molecular complexity index is 972. The second-order valence-corrected chi connectivity index (χ2v) is 6.56. The predicted octanol–water partition coefficient (Wildman–Crippen LogP) is 5.05. The van der Waals surface area contributed by atoms with Crippen LogP contribution in [0.5, 0.6) is 0 Å². The molecule has 0 aliphatic carbocycles. The molecule has 2 aromatic carbocycles. The number of carbonyl (C=O) groups excluding carboxylic acids is 1. The predicted molar refractivity (Wildman–Crippen MR) is 105 cm³/mol. The minimum atomic E-state index is -0.281. The Kier molecular flexibility index (Phi) is 5.19. The monoisotopic (exact) mass is 366 g/mol. The molecule has 1 aromatic heterocycles. The molecule has 5 nitrogen and oxygen atoms in total. The number of hydrogen-bond acceptors (Lipinski definition) is 4. The van der Waals surface area contributed by atoms with E-state index in [1.165, 1.54) is 0 Å². The van der Waals surface area contributed by atoms with Gasteiger partial charge in [0.05, 0.1) is 0 Å². The average Bonchev–Trinajstić information content (AvgIpc) is 2.57. The molecule has 1 heterocycles.